The summed E-state index contributed by atoms with van der Waals surface area (Å²) in [7, 11) is 0. The fourth-order valence-corrected chi connectivity index (χ4v) is 1.35. The van der Waals surface area contributed by atoms with E-state index in [-0.39, 0.29) is 0 Å². The zero-order valence-electron chi connectivity index (χ0n) is 4.63. The van der Waals surface area contributed by atoms with Crippen LogP contribution in [0.3, 0.4) is 0 Å². The summed E-state index contributed by atoms with van der Waals surface area (Å²) in [5.41, 5.74) is 0. The van der Waals surface area contributed by atoms with Gasteiger partial charge in [0.25, 0.3) is 0 Å². The van der Waals surface area contributed by atoms with Gasteiger partial charge in [-0.3, -0.25) is 5.32 Å². The van der Waals surface area contributed by atoms with Crippen LogP contribution in [0.15, 0.2) is 12.7 Å². The molecule has 1 fully saturated rings. The summed E-state index contributed by atoms with van der Waals surface area (Å²) in [6, 6.07) is 0. The van der Waals surface area contributed by atoms with E-state index in [0.717, 1.165) is 6.42 Å². The highest BCUT2D eigenvalue weighted by Gasteiger charge is 2.11. The molecule has 0 saturated carbocycles. The Kier molecular flexibility index (Phi) is 2.43. The predicted octanol–water partition coefficient (Wildman–Crippen LogP) is 1.55. The van der Waals surface area contributed by atoms with Crippen molar-refractivity contribution in [2.75, 3.05) is 0 Å². The Balaban J connectivity index is 2.14. The van der Waals surface area contributed by atoms with Crippen LogP contribution in [0.2, 0.25) is 0 Å². The predicted molar refractivity (Wildman–Crippen MR) is 37.9 cm³/mol. The normalized spacial score (nSPS) is 28.2. The summed E-state index contributed by atoms with van der Waals surface area (Å²) < 4.78 is 0. The number of nitrogens with one attached hydrogen (secondary N) is 1. The van der Waals surface area contributed by atoms with Gasteiger partial charge in [0.15, 0.2) is 0 Å². The molecule has 1 atom stereocenters. The molecule has 0 aromatic heterocycles. The SMILES string of the molecule is C=CCC1N[CH][CH]S1. The summed E-state index contributed by atoms with van der Waals surface area (Å²) >= 11 is 1.80. The van der Waals surface area contributed by atoms with Crippen molar-refractivity contribution in [3.8, 4) is 0 Å². The van der Waals surface area contributed by atoms with Gasteiger partial charge in [0.1, 0.15) is 0 Å². The lowest BCUT2D eigenvalue weighted by molar-refractivity contribution is 0.781. The maximum Gasteiger partial charge on any atom is 0.0573 e. The summed E-state index contributed by atoms with van der Waals surface area (Å²) in [6.07, 6.45) is 2.97. The number of thioether (sulfide) groups is 1. The van der Waals surface area contributed by atoms with Crippen molar-refractivity contribution < 1.29 is 0 Å². The Morgan fingerprint density at radius 3 is 3.25 bits per heavy atom. The molecule has 1 heterocycles. The minimum absolute atomic E-state index is 0.549. The molecule has 1 rings (SSSR count). The fourth-order valence-electron chi connectivity index (χ4n) is 0.595. The second-order valence-corrected chi connectivity index (χ2v) is 2.73. The monoisotopic (exact) mass is 127 g/mol. The molecule has 1 aliphatic rings. The van der Waals surface area contributed by atoms with Crippen molar-refractivity contribution in [3.63, 3.8) is 0 Å². The molecule has 0 aromatic carbocycles. The third-order valence-electron chi connectivity index (χ3n) is 0.974. The average Bonchev–Trinajstić information content (AvgIpc) is 2.19. The fraction of sp³-hybridized carbons (Fsp3) is 0.333. The lowest BCUT2D eigenvalue weighted by atomic mass is 10.4. The minimum atomic E-state index is 0.549. The van der Waals surface area contributed by atoms with E-state index < -0.39 is 0 Å². The van der Waals surface area contributed by atoms with Crippen LogP contribution in [-0.4, -0.2) is 5.37 Å². The van der Waals surface area contributed by atoms with E-state index >= 15 is 0 Å². The van der Waals surface area contributed by atoms with Crippen molar-refractivity contribution in [1.29, 1.82) is 0 Å². The van der Waals surface area contributed by atoms with Crippen LogP contribution in [0.4, 0.5) is 0 Å². The molecular weight excluding hydrogens is 118 g/mol. The first-order valence-electron chi connectivity index (χ1n) is 2.61. The molecule has 8 heavy (non-hydrogen) atoms. The second-order valence-electron chi connectivity index (χ2n) is 1.62. The summed E-state index contributed by atoms with van der Waals surface area (Å²) in [4.78, 5) is 0. The Bertz CT molecular complexity index is 76.6. The lowest BCUT2D eigenvalue weighted by Crippen LogP contribution is -2.14. The van der Waals surface area contributed by atoms with E-state index in [1.807, 2.05) is 12.6 Å². The van der Waals surface area contributed by atoms with Crippen LogP contribution in [-0.2, 0) is 0 Å². The standard InChI is InChI=1S/C6H9NS/c1-2-3-6-7-4-5-8-6/h2,4-7H,1,3H2. The molecule has 44 valence electrons. The van der Waals surface area contributed by atoms with Crippen LogP contribution in [0, 0.1) is 12.3 Å². The van der Waals surface area contributed by atoms with Gasteiger partial charge < -0.3 is 0 Å². The summed E-state index contributed by atoms with van der Waals surface area (Å²) in [6.45, 7) is 5.61. The zero-order chi connectivity index (χ0) is 5.82. The average molecular weight is 127 g/mol. The highest BCUT2D eigenvalue weighted by molar-refractivity contribution is 8.02. The molecule has 0 aliphatic carbocycles. The summed E-state index contributed by atoms with van der Waals surface area (Å²) in [5, 5.41) is 3.72. The minimum Gasteiger partial charge on any atom is -0.300 e. The molecule has 1 aliphatic heterocycles. The zero-order valence-corrected chi connectivity index (χ0v) is 5.45. The molecular formula is C6H9NS. The van der Waals surface area contributed by atoms with Gasteiger partial charge in [-0.05, 0) is 6.42 Å². The van der Waals surface area contributed by atoms with Gasteiger partial charge in [-0.1, -0.05) is 6.08 Å². The molecule has 1 saturated heterocycles. The van der Waals surface area contributed by atoms with Crippen LogP contribution < -0.4 is 5.32 Å². The van der Waals surface area contributed by atoms with Gasteiger partial charge in [-0.2, -0.15) is 0 Å². The van der Waals surface area contributed by atoms with E-state index in [1.54, 1.807) is 11.8 Å². The molecule has 0 aromatic rings. The molecule has 0 bridgehead atoms. The quantitative estimate of drug-likeness (QED) is 0.565. The molecule has 2 radical (unpaired) electrons. The van der Waals surface area contributed by atoms with Crippen molar-refractivity contribution in [3.05, 3.63) is 25.0 Å². The van der Waals surface area contributed by atoms with Gasteiger partial charge in [0.2, 0.25) is 0 Å². The topological polar surface area (TPSA) is 12.0 Å². The first-order valence-corrected chi connectivity index (χ1v) is 3.55. The van der Waals surface area contributed by atoms with Crippen LogP contribution >= 0.6 is 11.8 Å². The van der Waals surface area contributed by atoms with E-state index in [1.165, 1.54) is 0 Å². The highest BCUT2D eigenvalue weighted by Crippen LogP contribution is 2.22. The molecule has 1 unspecified atom stereocenters. The van der Waals surface area contributed by atoms with Crippen LogP contribution in [0.1, 0.15) is 6.42 Å². The van der Waals surface area contributed by atoms with E-state index in [4.69, 9.17) is 0 Å². The van der Waals surface area contributed by atoms with Crippen molar-refractivity contribution in [2.24, 2.45) is 0 Å². The van der Waals surface area contributed by atoms with E-state index in [2.05, 4.69) is 17.6 Å². The largest absolute Gasteiger partial charge is 0.300 e. The number of hydrogen-bond acceptors (Lipinski definition) is 2. The first kappa shape index (κ1) is 6.17. The van der Waals surface area contributed by atoms with Gasteiger partial charge in [0, 0.05) is 12.3 Å². The third kappa shape index (κ3) is 1.53. The van der Waals surface area contributed by atoms with Crippen molar-refractivity contribution in [1.82, 2.24) is 5.32 Å². The second kappa shape index (κ2) is 3.15. The maximum atomic E-state index is 3.64. The van der Waals surface area contributed by atoms with Gasteiger partial charge in [-0.25, -0.2) is 0 Å². The molecule has 0 spiro atoms. The summed E-state index contributed by atoms with van der Waals surface area (Å²) in [5.74, 6) is 2.06. The molecule has 1 nitrogen and oxygen atoms in total. The Morgan fingerprint density at radius 1 is 1.88 bits per heavy atom. The Morgan fingerprint density at radius 2 is 2.75 bits per heavy atom. The molecule has 0 amide bonds. The smallest absolute Gasteiger partial charge is 0.0573 e. The first-order chi connectivity index (χ1) is 3.93. The van der Waals surface area contributed by atoms with Crippen LogP contribution in [0.5, 0.6) is 0 Å². The maximum absolute atomic E-state index is 3.64. The van der Waals surface area contributed by atoms with Crippen LogP contribution in [0.25, 0.3) is 0 Å². The van der Waals surface area contributed by atoms with Crippen molar-refractivity contribution in [2.45, 2.75) is 11.8 Å². The van der Waals surface area contributed by atoms with Gasteiger partial charge in [-0.15, -0.1) is 18.3 Å². The van der Waals surface area contributed by atoms with E-state index in [0.29, 0.717) is 5.37 Å². The number of hydrogen-bond donors (Lipinski definition) is 1. The Hall–Kier alpha value is 0.0500. The molecule has 2 heteroatoms. The molecule has 1 N–H and O–H groups in total. The van der Waals surface area contributed by atoms with Gasteiger partial charge >= 0.3 is 0 Å². The number of rotatable bonds is 2. The van der Waals surface area contributed by atoms with Crippen molar-refractivity contribution >= 4 is 11.8 Å². The highest BCUT2D eigenvalue weighted by atomic mass is 32.2. The van der Waals surface area contributed by atoms with E-state index in [9.17, 15) is 0 Å². The van der Waals surface area contributed by atoms with Gasteiger partial charge in [0.05, 0.1) is 5.37 Å². The lowest BCUT2D eigenvalue weighted by Gasteiger charge is -2.02. The Labute approximate surface area is 54.5 Å². The third-order valence-corrected chi connectivity index (χ3v) is 1.92.